The van der Waals surface area contributed by atoms with E-state index in [-0.39, 0.29) is 0 Å². The highest BCUT2D eigenvalue weighted by atomic mass is 15.3. The molecule has 0 aromatic heterocycles. The molecule has 0 aromatic rings. The van der Waals surface area contributed by atoms with Gasteiger partial charge in [-0.25, -0.2) is 4.99 Å². The van der Waals surface area contributed by atoms with Gasteiger partial charge in [-0.05, 0) is 31.6 Å². The predicted octanol–water partition coefficient (Wildman–Crippen LogP) is 2.37. The Labute approximate surface area is 99.1 Å². The lowest BCUT2D eigenvalue weighted by Gasteiger charge is -2.33. The van der Waals surface area contributed by atoms with Crippen LogP contribution in [0.1, 0.15) is 51.9 Å². The van der Waals surface area contributed by atoms with Gasteiger partial charge < -0.3 is 10.6 Å². The summed E-state index contributed by atoms with van der Waals surface area (Å²) in [5.41, 5.74) is 6.12. The van der Waals surface area contributed by atoms with Crippen molar-refractivity contribution in [3.8, 4) is 0 Å². The van der Waals surface area contributed by atoms with E-state index in [1.165, 1.54) is 44.9 Å². The van der Waals surface area contributed by atoms with E-state index >= 15 is 0 Å². The molecule has 92 valence electrons. The van der Waals surface area contributed by atoms with Crippen LogP contribution in [0.4, 0.5) is 0 Å². The molecule has 1 saturated carbocycles. The van der Waals surface area contributed by atoms with Gasteiger partial charge in [-0.15, -0.1) is 0 Å². The molecule has 1 aliphatic heterocycles. The quantitative estimate of drug-likeness (QED) is 0.577. The highest BCUT2D eigenvalue weighted by Gasteiger charge is 2.21. The van der Waals surface area contributed by atoms with Crippen LogP contribution in [0.15, 0.2) is 4.99 Å². The highest BCUT2D eigenvalue weighted by Crippen LogP contribution is 2.22. The second kappa shape index (κ2) is 5.55. The zero-order valence-corrected chi connectivity index (χ0v) is 10.5. The number of nitrogens with two attached hydrogens (primary N) is 1. The van der Waals surface area contributed by atoms with Crippen LogP contribution in [-0.2, 0) is 0 Å². The molecular weight excluding hydrogens is 198 g/mol. The lowest BCUT2D eigenvalue weighted by atomic mass is 9.96. The summed E-state index contributed by atoms with van der Waals surface area (Å²) in [5, 5.41) is 0. The Bertz CT molecular complexity index is 244. The first kappa shape index (κ1) is 11.7. The largest absolute Gasteiger partial charge is 0.370 e. The van der Waals surface area contributed by atoms with Gasteiger partial charge in [0.15, 0.2) is 5.96 Å². The molecule has 0 radical (unpaired) electrons. The first-order valence-electron chi connectivity index (χ1n) is 6.87. The van der Waals surface area contributed by atoms with Crippen LogP contribution in [0, 0.1) is 5.92 Å². The molecule has 2 rings (SSSR count). The summed E-state index contributed by atoms with van der Waals surface area (Å²) in [7, 11) is 0. The molecule has 3 nitrogen and oxygen atoms in total. The standard InChI is InChI=1S/C13H25N3/c1-2-11-6-5-9-16(10-11)13(14)15-12-7-3-4-8-12/h11-12H,2-10H2,1H3,(H2,14,15). The number of guanidine groups is 1. The van der Waals surface area contributed by atoms with E-state index in [9.17, 15) is 0 Å². The van der Waals surface area contributed by atoms with E-state index < -0.39 is 0 Å². The van der Waals surface area contributed by atoms with E-state index in [0.717, 1.165) is 25.0 Å². The fourth-order valence-electron chi connectivity index (χ4n) is 2.91. The van der Waals surface area contributed by atoms with Gasteiger partial charge in [0.05, 0.1) is 6.04 Å². The molecule has 1 saturated heterocycles. The van der Waals surface area contributed by atoms with Crippen LogP contribution in [0.5, 0.6) is 0 Å². The van der Waals surface area contributed by atoms with Crippen molar-refractivity contribution in [3.63, 3.8) is 0 Å². The summed E-state index contributed by atoms with van der Waals surface area (Å²) in [6.45, 7) is 4.51. The van der Waals surface area contributed by atoms with E-state index in [1.54, 1.807) is 0 Å². The van der Waals surface area contributed by atoms with Crippen molar-refractivity contribution in [2.24, 2.45) is 16.6 Å². The predicted molar refractivity (Wildman–Crippen MR) is 68.5 cm³/mol. The Morgan fingerprint density at radius 2 is 2.00 bits per heavy atom. The Morgan fingerprint density at radius 1 is 1.25 bits per heavy atom. The maximum absolute atomic E-state index is 6.12. The van der Waals surface area contributed by atoms with Gasteiger partial charge in [-0.1, -0.05) is 26.2 Å². The normalized spacial score (nSPS) is 28.7. The summed E-state index contributed by atoms with van der Waals surface area (Å²) in [5.74, 6) is 1.64. The molecule has 1 atom stereocenters. The van der Waals surface area contributed by atoms with Crippen molar-refractivity contribution >= 4 is 5.96 Å². The van der Waals surface area contributed by atoms with Gasteiger partial charge in [0, 0.05) is 13.1 Å². The number of piperidine rings is 1. The van der Waals surface area contributed by atoms with Crippen LogP contribution in [-0.4, -0.2) is 30.0 Å². The van der Waals surface area contributed by atoms with Crippen LogP contribution in [0.2, 0.25) is 0 Å². The Balaban J connectivity index is 1.89. The summed E-state index contributed by atoms with van der Waals surface area (Å²) in [4.78, 5) is 6.99. The molecule has 0 amide bonds. The van der Waals surface area contributed by atoms with E-state index in [1.807, 2.05) is 0 Å². The smallest absolute Gasteiger partial charge is 0.191 e. The summed E-state index contributed by atoms with van der Waals surface area (Å²) >= 11 is 0. The third-order valence-electron chi connectivity index (χ3n) is 4.06. The second-order valence-electron chi connectivity index (χ2n) is 5.29. The minimum absolute atomic E-state index is 0.516. The summed E-state index contributed by atoms with van der Waals surface area (Å²) < 4.78 is 0. The van der Waals surface area contributed by atoms with Gasteiger partial charge in [-0.3, -0.25) is 0 Å². The van der Waals surface area contributed by atoms with Gasteiger partial charge in [0.25, 0.3) is 0 Å². The molecule has 1 aliphatic carbocycles. The zero-order valence-electron chi connectivity index (χ0n) is 10.5. The lowest BCUT2D eigenvalue weighted by Crippen LogP contribution is -2.44. The zero-order chi connectivity index (χ0) is 11.4. The third-order valence-corrected chi connectivity index (χ3v) is 4.06. The minimum Gasteiger partial charge on any atom is -0.370 e. The molecule has 1 unspecified atom stereocenters. The first-order chi connectivity index (χ1) is 7.79. The number of likely N-dealkylation sites (tertiary alicyclic amines) is 1. The monoisotopic (exact) mass is 223 g/mol. The molecule has 2 aliphatic rings. The average molecular weight is 223 g/mol. The first-order valence-corrected chi connectivity index (χ1v) is 6.87. The second-order valence-corrected chi connectivity index (χ2v) is 5.29. The van der Waals surface area contributed by atoms with Crippen molar-refractivity contribution in [2.75, 3.05) is 13.1 Å². The number of aliphatic imine (C=N–C) groups is 1. The van der Waals surface area contributed by atoms with Gasteiger partial charge >= 0.3 is 0 Å². The third kappa shape index (κ3) is 2.89. The van der Waals surface area contributed by atoms with Crippen LogP contribution < -0.4 is 5.73 Å². The van der Waals surface area contributed by atoms with Crippen LogP contribution in [0.25, 0.3) is 0 Å². The van der Waals surface area contributed by atoms with Crippen molar-refractivity contribution < 1.29 is 0 Å². The Kier molecular flexibility index (Phi) is 4.08. The average Bonchev–Trinajstić information content (AvgIpc) is 2.82. The van der Waals surface area contributed by atoms with E-state index in [0.29, 0.717) is 6.04 Å². The molecule has 16 heavy (non-hydrogen) atoms. The fourth-order valence-corrected chi connectivity index (χ4v) is 2.91. The van der Waals surface area contributed by atoms with Gasteiger partial charge in [-0.2, -0.15) is 0 Å². The maximum Gasteiger partial charge on any atom is 0.191 e. The van der Waals surface area contributed by atoms with Gasteiger partial charge in [0.2, 0.25) is 0 Å². The summed E-state index contributed by atoms with van der Waals surface area (Å²) in [6, 6.07) is 0.516. The number of rotatable bonds is 2. The highest BCUT2D eigenvalue weighted by molar-refractivity contribution is 5.78. The topological polar surface area (TPSA) is 41.6 Å². The Morgan fingerprint density at radius 3 is 2.69 bits per heavy atom. The molecule has 3 heteroatoms. The molecule has 0 bridgehead atoms. The number of hydrogen-bond acceptors (Lipinski definition) is 1. The van der Waals surface area contributed by atoms with E-state index in [2.05, 4.69) is 16.8 Å². The molecule has 1 heterocycles. The maximum atomic E-state index is 6.12. The summed E-state index contributed by atoms with van der Waals surface area (Å²) in [6.07, 6.45) is 9.06. The molecule has 0 aromatic carbocycles. The molecular formula is C13H25N3. The Hall–Kier alpha value is -0.730. The molecule has 2 N–H and O–H groups in total. The van der Waals surface area contributed by atoms with Gasteiger partial charge in [0.1, 0.15) is 0 Å². The minimum atomic E-state index is 0.516. The number of hydrogen-bond donors (Lipinski definition) is 1. The number of nitrogens with zero attached hydrogens (tertiary/aromatic N) is 2. The van der Waals surface area contributed by atoms with Crippen molar-refractivity contribution in [1.29, 1.82) is 0 Å². The van der Waals surface area contributed by atoms with Crippen molar-refractivity contribution in [1.82, 2.24) is 4.90 Å². The molecule has 2 fully saturated rings. The fraction of sp³-hybridized carbons (Fsp3) is 0.923. The molecule has 0 spiro atoms. The van der Waals surface area contributed by atoms with E-state index in [4.69, 9.17) is 5.73 Å². The van der Waals surface area contributed by atoms with Crippen molar-refractivity contribution in [2.45, 2.75) is 57.9 Å². The SMILES string of the molecule is CCC1CCCN(C(N)=NC2CCCC2)C1. The van der Waals surface area contributed by atoms with Crippen LogP contribution >= 0.6 is 0 Å². The van der Waals surface area contributed by atoms with Crippen molar-refractivity contribution in [3.05, 3.63) is 0 Å². The lowest BCUT2D eigenvalue weighted by molar-refractivity contribution is 0.250. The van der Waals surface area contributed by atoms with Crippen LogP contribution in [0.3, 0.4) is 0 Å².